The number of halogens is 1. The van der Waals surface area contributed by atoms with Crippen molar-refractivity contribution >= 4 is 23.5 Å². The first-order valence-electron chi connectivity index (χ1n) is 5.72. The van der Waals surface area contributed by atoms with Crippen LogP contribution in [0, 0.1) is 5.82 Å². The van der Waals surface area contributed by atoms with E-state index < -0.39 is 0 Å². The Bertz CT molecular complexity index is 555. The fourth-order valence-corrected chi connectivity index (χ4v) is 1.39. The minimum absolute atomic E-state index is 0.286. The van der Waals surface area contributed by atoms with Crippen molar-refractivity contribution in [2.45, 2.75) is 0 Å². The summed E-state index contributed by atoms with van der Waals surface area (Å²) in [5.41, 5.74) is 0.708. The molecule has 100 valence electrons. The van der Waals surface area contributed by atoms with Crippen molar-refractivity contribution in [1.29, 1.82) is 0 Å². The lowest BCUT2D eigenvalue weighted by Gasteiger charge is -2.13. The second kappa shape index (κ2) is 5.47. The molecule has 0 saturated carbocycles. The molecule has 0 aliphatic heterocycles. The molecule has 7 heteroatoms. The average Bonchev–Trinajstić information content (AvgIpc) is 2.41. The largest absolute Gasteiger partial charge is 0.357 e. The monoisotopic (exact) mass is 262 g/mol. The van der Waals surface area contributed by atoms with Gasteiger partial charge in [-0.05, 0) is 24.3 Å². The third-order valence-electron chi connectivity index (χ3n) is 2.35. The lowest BCUT2D eigenvalue weighted by Crippen LogP contribution is -2.15. The SMILES string of the molecule is CNc1nc(Nc2ccc(F)cc2)nc(N(C)C)n1. The summed E-state index contributed by atoms with van der Waals surface area (Å²) in [6.07, 6.45) is 0. The van der Waals surface area contributed by atoms with Gasteiger partial charge in [0, 0.05) is 26.8 Å². The summed E-state index contributed by atoms with van der Waals surface area (Å²) in [5, 5.41) is 5.87. The fourth-order valence-electron chi connectivity index (χ4n) is 1.39. The number of nitrogens with zero attached hydrogens (tertiary/aromatic N) is 4. The maximum Gasteiger partial charge on any atom is 0.233 e. The van der Waals surface area contributed by atoms with Crippen LogP contribution in [0.2, 0.25) is 0 Å². The van der Waals surface area contributed by atoms with E-state index in [2.05, 4.69) is 25.6 Å². The topological polar surface area (TPSA) is 66.0 Å². The Morgan fingerprint density at radius 2 is 1.63 bits per heavy atom. The molecule has 2 rings (SSSR count). The highest BCUT2D eigenvalue weighted by atomic mass is 19.1. The van der Waals surface area contributed by atoms with E-state index >= 15 is 0 Å². The van der Waals surface area contributed by atoms with Crippen LogP contribution in [0.4, 0.5) is 27.9 Å². The molecule has 1 aromatic heterocycles. The van der Waals surface area contributed by atoms with Crippen molar-refractivity contribution in [3.63, 3.8) is 0 Å². The average molecular weight is 262 g/mol. The van der Waals surface area contributed by atoms with Gasteiger partial charge in [0.25, 0.3) is 0 Å². The zero-order valence-corrected chi connectivity index (χ0v) is 11.0. The van der Waals surface area contributed by atoms with Gasteiger partial charge in [0.05, 0.1) is 0 Å². The Morgan fingerprint density at radius 3 is 2.21 bits per heavy atom. The second-order valence-electron chi connectivity index (χ2n) is 4.06. The molecule has 1 aromatic carbocycles. The second-order valence-corrected chi connectivity index (χ2v) is 4.06. The predicted octanol–water partition coefficient (Wildman–Crippen LogP) is 1.86. The van der Waals surface area contributed by atoms with Crippen molar-refractivity contribution in [2.75, 3.05) is 36.7 Å². The van der Waals surface area contributed by atoms with E-state index in [-0.39, 0.29) is 5.82 Å². The van der Waals surface area contributed by atoms with Gasteiger partial charge in [-0.1, -0.05) is 0 Å². The first-order chi connectivity index (χ1) is 9.08. The summed E-state index contributed by atoms with van der Waals surface area (Å²) in [6.45, 7) is 0. The summed E-state index contributed by atoms with van der Waals surface area (Å²) in [5.74, 6) is 1.10. The summed E-state index contributed by atoms with van der Waals surface area (Å²) < 4.78 is 12.8. The van der Waals surface area contributed by atoms with Gasteiger partial charge in [0.2, 0.25) is 17.8 Å². The Hall–Kier alpha value is -2.44. The molecule has 0 aliphatic rings. The highest BCUT2D eigenvalue weighted by Crippen LogP contribution is 2.16. The predicted molar refractivity (Wildman–Crippen MR) is 73.4 cm³/mol. The van der Waals surface area contributed by atoms with Gasteiger partial charge in [0.1, 0.15) is 5.82 Å². The fraction of sp³-hybridized carbons (Fsp3) is 0.250. The van der Waals surface area contributed by atoms with Gasteiger partial charge in [-0.3, -0.25) is 0 Å². The smallest absolute Gasteiger partial charge is 0.233 e. The van der Waals surface area contributed by atoms with Crippen LogP contribution in [0.5, 0.6) is 0 Å². The van der Waals surface area contributed by atoms with Crippen LogP contribution in [0.25, 0.3) is 0 Å². The van der Waals surface area contributed by atoms with Crippen LogP contribution < -0.4 is 15.5 Å². The summed E-state index contributed by atoms with van der Waals surface area (Å²) in [4.78, 5) is 14.4. The molecule has 19 heavy (non-hydrogen) atoms. The van der Waals surface area contributed by atoms with Gasteiger partial charge in [-0.25, -0.2) is 4.39 Å². The van der Waals surface area contributed by atoms with Gasteiger partial charge in [0.15, 0.2) is 0 Å². The standard InChI is InChI=1S/C12H15FN6/c1-14-10-16-11(18-12(17-10)19(2)3)15-9-6-4-8(13)5-7-9/h4-7H,1-3H3,(H2,14,15,16,17,18). The first-order valence-corrected chi connectivity index (χ1v) is 5.72. The molecule has 2 N–H and O–H groups in total. The first kappa shape index (κ1) is 13.0. The Kier molecular flexibility index (Phi) is 3.74. The number of nitrogens with one attached hydrogen (secondary N) is 2. The molecular weight excluding hydrogens is 247 g/mol. The molecule has 0 spiro atoms. The Labute approximate surface area is 110 Å². The van der Waals surface area contributed by atoms with E-state index in [0.717, 1.165) is 0 Å². The molecular formula is C12H15FN6. The lowest BCUT2D eigenvalue weighted by atomic mass is 10.3. The molecule has 0 atom stereocenters. The molecule has 1 heterocycles. The van der Waals surface area contributed by atoms with Crippen LogP contribution in [-0.2, 0) is 0 Å². The third-order valence-corrected chi connectivity index (χ3v) is 2.35. The number of rotatable bonds is 4. The van der Waals surface area contributed by atoms with Crippen molar-refractivity contribution in [3.8, 4) is 0 Å². The maximum atomic E-state index is 12.8. The van der Waals surface area contributed by atoms with Gasteiger partial charge in [-0.2, -0.15) is 15.0 Å². The molecule has 6 nitrogen and oxygen atoms in total. The van der Waals surface area contributed by atoms with Gasteiger partial charge in [-0.15, -0.1) is 0 Å². The number of aromatic nitrogens is 3. The molecule has 0 bridgehead atoms. The minimum atomic E-state index is -0.286. The normalized spacial score (nSPS) is 10.1. The zero-order chi connectivity index (χ0) is 13.8. The van der Waals surface area contributed by atoms with E-state index in [4.69, 9.17) is 0 Å². The van der Waals surface area contributed by atoms with E-state index in [1.807, 2.05) is 14.1 Å². The maximum absolute atomic E-state index is 12.8. The van der Waals surface area contributed by atoms with Gasteiger partial charge >= 0.3 is 0 Å². The van der Waals surface area contributed by atoms with E-state index in [9.17, 15) is 4.39 Å². The van der Waals surface area contributed by atoms with Crippen LogP contribution in [0.15, 0.2) is 24.3 Å². The van der Waals surface area contributed by atoms with Crippen LogP contribution in [0.3, 0.4) is 0 Å². The number of benzene rings is 1. The van der Waals surface area contributed by atoms with Crippen LogP contribution >= 0.6 is 0 Å². The molecule has 0 fully saturated rings. The Balaban J connectivity index is 2.28. The quantitative estimate of drug-likeness (QED) is 0.876. The number of hydrogen-bond donors (Lipinski definition) is 2. The minimum Gasteiger partial charge on any atom is -0.357 e. The van der Waals surface area contributed by atoms with Gasteiger partial charge < -0.3 is 15.5 Å². The molecule has 0 aliphatic carbocycles. The highest BCUT2D eigenvalue weighted by Gasteiger charge is 2.07. The molecule has 0 radical (unpaired) electrons. The van der Waals surface area contributed by atoms with Crippen LogP contribution in [-0.4, -0.2) is 36.1 Å². The molecule has 0 saturated heterocycles. The molecule has 0 amide bonds. The summed E-state index contributed by atoms with van der Waals surface area (Å²) in [6, 6.07) is 5.98. The van der Waals surface area contributed by atoms with E-state index in [1.165, 1.54) is 12.1 Å². The summed E-state index contributed by atoms with van der Waals surface area (Å²) in [7, 11) is 5.42. The van der Waals surface area contributed by atoms with Crippen molar-refractivity contribution in [3.05, 3.63) is 30.1 Å². The van der Waals surface area contributed by atoms with Crippen molar-refractivity contribution in [2.24, 2.45) is 0 Å². The van der Waals surface area contributed by atoms with Crippen molar-refractivity contribution < 1.29 is 4.39 Å². The summed E-state index contributed by atoms with van der Waals surface area (Å²) >= 11 is 0. The van der Waals surface area contributed by atoms with E-state index in [1.54, 1.807) is 24.1 Å². The molecule has 0 unspecified atom stereocenters. The molecule has 2 aromatic rings. The Morgan fingerprint density at radius 1 is 1.00 bits per heavy atom. The lowest BCUT2D eigenvalue weighted by molar-refractivity contribution is 0.628. The zero-order valence-electron chi connectivity index (χ0n) is 11.0. The number of anilines is 4. The highest BCUT2D eigenvalue weighted by molar-refractivity contribution is 5.55. The van der Waals surface area contributed by atoms with Crippen LogP contribution in [0.1, 0.15) is 0 Å². The third kappa shape index (κ3) is 3.27. The number of hydrogen-bond acceptors (Lipinski definition) is 6. The van der Waals surface area contributed by atoms with E-state index in [0.29, 0.717) is 23.5 Å². The van der Waals surface area contributed by atoms with Crippen molar-refractivity contribution in [1.82, 2.24) is 15.0 Å².